The number of anilines is 2. The number of benzene rings is 1. The van der Waals surface area contributed by atoms with E-state index in [4.69, 9.17) is 4.74 Å². The summed E-state index contributed by atoms with van der Waals surface area (Å²) in [6.07, 6.45) is -4.63. The summed E-state index contributed by atoms with van der Waals surface area (Å²) in [6, 6.07) is 9.02. The number of fused-ring (bicyclic) bond motifs is 1. The van der Waals surface area contributed by atoms with Crippen LogP contribution in [0.2, 0.25) is 0 Å². The lowest BCUT2D eigenvalue weighted by molar-refractivity contribution is -0.144. The van der Waals surface area contributed by atoms with Gasteiger partial charge in [0.15, 0.2) is 0 Å². The Hall–Kier alpha value is -2.68. The fourth-order valence-corrected chi connectivity index (χ4v) is 2.30. The van der Waals surface area contributed by atoms with Crippen molar-refractivity contribution >= 4 is 17.3 Å². The number of aromatic nitrogens is 4. The fourth-order valence-electron chi connectivity index (χ4n) is 2.30. The van der Waals surface area contributed by atoms with Crippen LogP contribution in [-0.2, 0) is 17.5 Å². The summed E-state index contributed by atoms with van der Waals surface area (Å²) in [5, 5.41) is 6.59. The van der Waals surface area contributed by atoms with Crippen molar-refractivity contribution in [3.63, 3.8) is 0 Å². The van der Waals surface area contributed by atoms with Crippen LogP contribution >= 0.6 is 0 Å². The maximum absolute atomic E-state index is 12.9. The first-order valence-corrected chi connectivity index (χ1v) is 7.62. The van der Waals surface area contributed by atoms with Crippen LogP contribution in [0.3, 0.4) is 0 Å². The minimum absolute atomic E-state index is 0.111. The molecule has 0 bridgehead atoms. The van der Waals surface area contributed by atoms with Crippen molar-refractivity contribution in [3.05, 3.63) is 47.4 Å². The number of nitrogens with zero attached hydrogens (tertiary/aromatic N) is 4. The highest BCUT2D eigenvalue weighted by atomic mass is 19.4. The van der Waals surface area contributed by atoms with Crippen LogP contribution in [0.1, 0.15) is 24.0 Å². The molecule has 25 heavy (non-hydrogen) atoms. The lowest BCUT2D eigenvalue weighted by atomic mass is 10.2. The molecule has 9 heteroatoms. The van der Waals surface area contributed by atoms with Gasteiger partial charge in [0.1, 0.15) is 5.82 Å². The van der Waals surface area contributed by atoms with Gasteiger partial charge < -0.3 is 10.1 Å². The monoisotopic (exact) mass is 351 g/mol. The molecule has 0 radical (unpaired) electrons. The Bertz CT molecular complexity index is 891. The van der Waals surface area contributed by atoms with Crippen molar-refractivity contribution < 1.29 is 17.9 Å². The Morgan fingerprint density at radius 3 is 2.72 bits per heavy atom. The van der Waals surface area contributed by atoms with Gasteiger partial charge in [0.05, 0.1) is 6.61 Å². The molecular formula is C16H16F3N5O. The molecule has 3 aromatic rings. The van der Waals surface area contributed by atoms with Gasteiger partial charge >= 0.3 is 6.18 Å². The van der Waals surface area contributed by atoms with Crippen LogP contribution in [0.25, 0.3) is 5.78 Å². The van der Waals surface area contributed by atoms with Gasteiger partial charge in [0.25, 0.3) is 11.6 Å². The van der Waals surface area contributed by atoms with E-state index < -0.39 is 12.0 Å². The van der Waals surface area contributed by atoms with Gasteiger partial charge in [-0.15, -0.1) is 5.10 Å². The molecule has 0 aliphatic carbocycles. The predicted octanol–water partition coefficient (Wildman–Crippen LogP) is 3.73. The molecule has 0 fully saturated rings. The summed E-state index contributed by atoms with van der Waals surface area (Å²) >= 11 is 0. The largest absolute Gasteiger partial charge is 0.453 e. The van der Waals surface area contributed by atoms with Crippen molar-refractivity contribution in [2.45, 2.75) is 26.6 Å². The molecule has 0 atom stereocenters. The second-order valence-electron chi connectivity index (χ2n) is 5.39. The number of hydrogen-bond donors (Lipinski definition) is 1. The third-order valence-corrected chi connectivity index (χ3v) is 3.37. The zero-order chi connectivity index (χ0) is 18.0. The molecule has 0 saturated carbocycles. The van der Waals surface area contributed by atoms with Gasteiger partial charge in [-0.2, -0.15) is 22.7 Å². The lowest BCUT2D eigenvalue weighted by Gasteiger charge is -2.10. The Labute approximate surface area is 141 Å². The Kier molecular flexibility index (Phi) is 4.58. The van der Waals surface area contributed by atoms with Crippen LogP contribution in [0.15, 0.2) is 30.3 Å². The first-order chi connectivity index (χ1) is 11.9. The first-order valence-electron chi connectivity index (χ1n) is 7.62. The number of hydrogen-bond acceptors (Lipinski definition) is 5. The quantitative estimate of drug-likeness (QED) is 0.759. The Morgan fingerprint density at radius 1 is 1.20 bits per heavy atom. The summed E-state index contributed by atoms with van der Waals surface area (Å²) in [5.74, 6) is -0.988. The van der Waals surface area contributed by atoms with Crippen LogP contribution in [0.5, 0.6) is 0 Å². The summed E-state index contributed by atoms with van der Waals surface area (Å²) in [4.78, 5) is 7.46. The van der Waals surface area contributed by atoms with Crippen LogP contribution < -0.4 is 5.32 Å². The summed E-state index contributed by atoms with van der Waals surface area (Å²) < 4.78 is 45.0. The van der Waals surface area contributed by atoms with E-state index in [0.29, 0.717) is 30.4 Å². The Balaban J connectivity index is 1.97. The van der Waals surface area contributed by atoms with Gasteiger partial charge in [0, 0.05) is 24.1 Å². The van der Waals surface area contributed by atoms with E-state index in [1.165, 1.54) is 0 Å². The van der Waals surface area contributed by atoms with E-state index in [1.54, 1.807) is 19.1 Å². The molecule has 1 N–H and O–H groups in total. The molecule has 6 nitrogen and oxygen atoms in total. The summed E-state index contributed by atoms with van der Waals surface area (Å²) in [6.45, 7) is 4.64. The summed E-state index contributed by atoms with van der Waals surface area (Å²) in [5.41, 5.74) is 2.18. The molecule has 132 valence electrons. The van der Waals surface area contributed by atoms with Gasteiger partial charge in [-0.05, 0) is 31.5 Å². The predicted molar refractivity (Wildman–Crippen MR) is 85.6 cm³/mol. The maximum Gasteiger partial charge on any atom is 0.453 e. The smallest absolute Gasteiger partial charge is 0.377 e. The molecule has 0 saturated heterocycles. The third kappa shape index (κ3) is 3.87. The molecule has 1 aromatic carbocycles. The molecule has 0 aliphatic heterocycles. The van der Waals surface area contributed by atoms with Gasteiger partial charge in [-0.25, -0.2) is 4.98 Å². The first kappa shape index (κ1) is 17.2. The SMILES string of the molecule is CCOCc1cccc(Nc2cc(C)nc3nc(C(F)(F)F)nn23)c1. The second kappa shape index (κ2) is 6.67. The third-order valence-electron chi connectivity index (χ3n) is 3.37. The van der Waals surface area contributed by atoms with Gasteiger partial charge in [-0.3, -0.25) is 0 Å². The number of rotatable bonds is 5. The van der Waals surface area contributed by atoms with Crippen LogP contribution in [0, 0.1) is 6.92 Å². The molecule has 0 aliphatic rings. The highest BCUT2D eigenvalue weighted by Gasteiger charge is 2.36. The maximum atomic E-state index is 12.9. The van der Waals surface area contributed by atoms with Crippen molar-refractivity contribution in [2.24, 2.45) is 0 Å². The molecular weight excluding hydrogens is 335 g/mol. The molecule has 2 aromatic heterocycles. The number of aryl methyl sites for hydroxylation is 1. The normalized spacial score (nSPS) is 11.9. The van der Waals surface area contributed by atoms with Crippen molar-refractivity contribution in [2.75, 3.05) is 11.9 Å². The highest BCUT2D eigenvalue weighted by Crippen LogP contribution is 2.27. The molecule has 2 heterocycles. The van der Waals surface area contributed by atoms with E-state index in [-0.39, 0.29) is 5.78 Å². The van der Waals surface area contributed by atoms with Crippen molar-refractivity contribution in [1.29, 1.82) is 0 Å². The minimum Gasteiger partial charge on any atom is -0.377 e. The van der Waals surface area contributed by atoms with Crippen molar-refractivity contribution in [3.8, 4) is 0 Å². The topological polar surface area (TPSA) is 64.3 Å². The molecule has 3 rings (SSSR count). The number of nitrogens with one attached hydrogen (secondary N) is 1. The summed E-state index contributed by atoms with van der Waals surface area (Å²) in [7, 11) is 0. The molecule has 0 spiro atoms. The zero-order valence-corrected chi connectivity index (χ0v) is 13.6. The van der Waals surface area contributed by atoms with E-state index in [1.807, 2.05) is 25.1 Å². The highest BCUT2D eigenvalue weighted by molar-refractivity contribution is 5.59. The average molecular weight is 351 g/mol. The zero-order valence-electron chi connectivity index (χ0n) is 13.6. The van der Waals surface area contributed by atoms with E-state index in [2.05, 4.69) is 20.4 Å². The second-order valence-corrected chi connectivity index (χ2v) is 5.39. The minimum atomic E-state index is -4.63. The van der Waals surface area contributed by atoms with Gasteiger partial charge in [-0.1, -0.05) is 12.1 Å². The standard InChI is InChI=1S/C16H16F3N5O/c1-3-25-9-11-5-4-6-12(8-11)21-13-7-10(2)20-15-22-14(16(17,18)19)23-24(13)15/h4-8,21H,3,9H2,1-2H3. The van der Waals surface area contributed by atoms with Crippen LogP contribution in [0.4, 0.5) is 24.7 Å². The molecule has 0 amide bonds. The number of halogens is 3. The number of ether oxygens (including phenoxy) is 1. The fraction of sp³-hybridized carbons (Fsp3) is 0.312. The number of alkyl halides is 3. The van der Waals surface area contributed by atoms with E-state index in [0.717, 1.165) is 10.1 Å². The van der Waals surface area contributed by atoms with E-state index >= 15 is 0 Å². The van der Waals surface area contributed by atoms with Crippen LogP contribution in [-0.4, -0.2) is 26.2 Å². The molecule has 0 unspecified atom stereocenters. The van der Waals surface area contributed by atoms with Crippen molar-refractivity contribution in [1.82, 2.24) is 19.6 Å². The van der Waals surface area contributed by atoms with E-state index in [9.17, 15) is 13.2 Å². The average Bonchev–Trinajstić information content (AvgIpc) is 2.97. The Morgan fingerprint density at radius 2 is 2.00 bits per heavy atom. The van der Waals surface area contributed by atoms with Gasteiger partial charge in [0.2, 0.25) is 0 Å². The lowest BCUT2D eigenvalue weighted by Crippen LogP contribution is -2.08.